The van der Waals surface area contributed by atoms with E-state index in [0.717, 1.165) is 24.9 Å². The lowest BCUT2D eigenvalue weighted by Crippen LogP contribution is -2.26. The number of aromatic nitrogens is 3. The van der Waals surface area contributed by atoms with E-state index >= 15 is 0 Å². The van der Waals surface area contributed by atoms with E-state index < -0.39 is 0 Å². The van der Waals surface area contributed by atoms with Crippen LogP contribution in [0.4, 0.5) is 0 Å². The Bertz CT molecular complexity index is 934. The Morgan fingerprint density at radius 3 is 2.90 bits per heavy atom. The Hall–Kier alpha value is -2.09. The second-order valence-electron chi connectivity index (χ2n) is 7.36. The van der Waals surface area contributed by atoms with Crippen LogP contribution >= 0.6 is 24.8 Å². The summed E-state index contributed by atoms with van der Waals surface area (Å²) in [5, 5.41) is 11.6. The molecule has 0 radical (unpaired) electrons. The first-order valence-corrected chi connectivity index (χ1v) is 9.54. The van der Waals surface area contributed by atoms with E-state index in [4.69, 9.17) is 9.40 Å². The SMILES string of the molecule is CC(C)n1ncc2c(C(=O)NCCC3CCNC3)cc(-c3ccco3)nc21.Cl.Cl. The topological polar surface area (TPSA) is 85.0 Å². The highest BCUT2D eigenvalue weighted by Gasteiger charge is 2.20. The minimum Gasteiger partial charge on any atom is -0.463 e. The molecule has 1 fully saturated rings. The fourth-order valence-corrected chi connectivity index (χ4v) is 3.58. The van der Waals surface area contributed by atoms with Crippen molar-refractivity contribution in [3.05, 3.63) is 36.2 Å². The molecule has 158 valence electrons. The average Bonchev–Trinajstić information content (AvgIpc) is 3.40. The van der Waals surface area contributed by atoms with Gasteiger partial charge in [-0.25, -0.2) is 9.67 Å². The number of halogens is 2. The first-order valence-electron chi connectivity index (χ1n) is 9.54. The molecule has 3 aromatic heterocycles. The number of furan rings is 1. The van der Waals surface area contributed by atoms with Gasteiger partial charge < -0.3 is 15.1 Å². The van der Waals surface area contributed by atoms with Crippen molar-refractivity contribution in [2.75, 3.05) is 19.6 Å². The monoisotopic (exact) mass is 439 g/mol. The fraction of sp³-hybridized carbons (Fsp3) is 0.450. The van der Waals surface area contributed by atoms with Gasteiger partial charge in [0.25, 0.3) is 5.91 Å². The van der Waals surface area contributed by atoms with Gasteiger partial charge in [0.1, 0.15) is 5.69 Å². The number of hydrogen-bond donors (Lipinski definition) is 2. The van der Waals surface area contributed by atoms with Gasteiger partial charge in [0.05, 0.1) is 23.4 Å². The van der Waals surface area contributed by atoms with Gasteiger partial charge in [0.2, 0.25) is 0 Å². The van der Waals surface area contributed by atoms with Crippen molar-refractivity contribution >= 4 is 41.8 Å². The lowest BCUT2D eigenvalue weighted by atomic mass is 10.0. The summed E-state index contributed by atoms with van der Waals surface area (Å²) in [5.74, 6) is 1.19. The minimum absolute atomic E-state index is 0. The molecule has 0 saturated carbocycles. The van der Waals surface area contributed by atoms with Crippen molar-refractivity contribution in [1.82, 2.24) is 25.4 Å². The van der Waals surface area contributed by atoms with Crippen molar-refractivity contribution in [3.63, 3.8) is 0 Å². The number of amides is 1. The second-order valence-corrected chi connectivity index (χ2v) is 7.36. The van der Waals surface area contributed by atoms with Gasteiger partial charge in [0.15, 0.2) is 11.4 Å². The van der Waals surface area contributed by atoms with Crippen LogP contribution in [0.5, 0.6) is 0 Å². The zero-order valence-corrected chi connectivity index (χ0v) is 18.2. The molecule has 1 atom stereocenters. The number of carbonyl (C=O) groups is 1. The average molecular weight is 440 g/mol. The largest absolute Gasteiger partial charge is 0.463 e. The van der Waals surface area contributed by atoms with Crippen LogP contribution in [-0.2, 0) is 0 Å². The van der Waals surface area contributed by atoms with Gasteiger partial charge in [0, 0.05) is 12.6 Å². The van der Waals surface area contributed by atoms with E-state index in [0.29, 0.717) is 35.1 Å². The van der Waals surface area contributed by atoms with Gasteiger partial charge in [-0.2, -0.15) is 5.10 Å². The molecular formula is C20H27Cl2N5O2. The third kappa shape index (κ3) is 4.91. The summed E-state index contributed by atoms with van der Waals surface area (Å²) in [6.45, 7) is 6.87. The maximum absolute atomic E-state index is 12.9. The quantitative estimate of drug-likeness (QED) is 0.609. The van der Waals surface area contributed by atoms with Crippen LogP contribution < -0.4 is 10.6 Å². The van der Waals surface area contributed by atoms with E-state index in [1.807, 2.05) is 30.7 Å². The van der Waals surface area contributed by atoms with Crippen molar-refractivity contribution in [1.29, 1.82) is 0 Å². The lowest BCUT2D eigenvalue weighted by Gasteiger charge is -2.11. The Morgan fingerprint density at radius 2 is 2.24 bits per heavy atom. The van der Waals surface area contributed by atoms with E-state index in [1.54, 1.807) is 18.5 Å². The molecule has 0 aromatic carbocycles. The second kappa shape index (κ2) is 10.1. The molecule has 1 aliphatic rings. The Morgan fingerprint density at radius 1 is 1.41 bits per heavy atom. The summed E-state index contributed by atoms with van der Waals surface area (Å²) >= 11 is 0. The zero-order chi connectivity index (χ0) is 18.8. The van der Waals surface area contributed by atoms with Crippen molar-refractivity contribution < 1.29 is 9.21 Å². The first-order chi connectivity index (χ1) is 13.1. The molecule has 1 saturated heterocycles. The molecule has 1 amide bonds. The molecule has 1 aliphatic heterocycles. The van der Waals surface area contributed by atoms with Crippen LogP contribution in [0, 0.1) is 5.92 Å². The highest BCUT2D eigenvalue weighted by molar-refractivity contribution is 6.06. The van der Waals surface area contributed by atoms with Crippen LogP contribution in [0.25, 0.3) is 22.5 Å². The normalized spacial score (nSPS) is 15.9. The van der Waals surface area contributed by atoms with Crippen LogP contribution in [0.15, 0.2) is 35.1 Å². The van der Waals surface area contributed by atoms with E-state index in [9.17, 15) is 4.79 Å². The predicted octanol–water partition coefficient (Wildman–Crippen LogP) is 3.85. The standard InChI is InChI=1S/C20H25N5O2.2ClH/c1-13(2)25-19-16(12-23-25)15(10-17(24-19)18-4-3-9-27-18)20(26)22-8-6-14-5-7-21-11-14;;/h3-4,9-10,12-14,21H,5-8,11H2,1-2H3,(H,22,26);2*1H. The minimum atomic E-state index is -0.0931. The van der Waals surface area contributed by atoms with Crippen LogP contribution in [0.1, 0.15) is 43.1 Å². The highest BCUT2D eigenvalue weighted by atomic mass is 35.5. The number of fused-ring (bicyclic) bond motifs is 1. The molecule has 9 heteroatoms. The van der Waals surface area contributed by atoms with Crippen LogP contribution in [0.3, 0.4) is 0 Å². The van der Waals surface area contributed by atoms with Gasteiger partial charge in [-0.1, -0.05) is 0 Å². The number of pyridine rings is 1. The molecular weight excluding hydrogens is 413 g/mol. The Balaban J connectivity index is 0.00000150. The van der Waals surface area contributed by atoms with Crippen molar-refractivity contribution in [2.45, 2.75) is 32.7 Å². The summed E-state index contributed by atoms with van der Waals surface area (Å²) in [4.78, 5) is 17.6. The molecule has 2 N–H and O–H groups in total. The maximum Gasteiger partial charge on any atom is 0.252 e. The molecule has 4 rings (SSSR count). The van der Waals surface area contributed by atoms with Crippen LogP contribution in [0.2, 0.25) is 0 Å². The fourth-order valence-electron chi connectivity index (χ4n) is 3.58. The molecule has 4 heterocycles. The maximum atomic E-state index is 12.9. The Kier molecular flexibility index (Phi) is 8.07. The summed E-state index contributed by atoms with van der Waals surface area (Å²) in [6.07, 6.45) is 5.50. The lowest BCUT2D eigenvalue weighted by molar-refractivity contribution is 0.0953. The third-order valence-electron chi connectivity index (χ3n) is 5.07. The number of nitrogens with one attached hydrogen (secondary N) is 2. The summed E-state index contributed by atoms with van der Waals surface area (Å²) < 4.78 is 7.33. The Labute approximate surface area is 182 Å². The van der Waals surface area contributed by atoms with Crippen LogP contribution in [-0.4, -0.2) is 40.3 Å². The molecule has 1 unspecified atom stereocenters. The number of rotatable bonds is 6. The first kappa shape index (κ1) is 23.2. The molecule has 29 heavy (non-hydrogen) atoms. The molecule has 0 aliphatic carbocycles. The zero-order valence-electron chi connectivity index (χ0n) is 16.6. The van der Waals surface area contributed by atoms with E-state index in [1.165, 1.54) is 6.42 Å². The van der Waals surface area contributed by atoms with Gasteiger partial charge >= 0.3 is 0 Å². The molecule has 0 spiro atoms. The van der Waals surface area contributed by atoms with E-state index in [2.05, 4.69) is 15.7 Å². The molecule has 0 bridgehead atoms. The third-order valence-corrected chi connectivity index (χ3v) is 5.07. The van der Waals surface area contributed by atoms with Gasteiger partial charge in [-0.15, -0.1) is 24.8 Å². The van der Waals surface area contributed by atoms with Gasteiger partial charge in [-0.3, -0.25) is 4.79 Å². The molecule has 7 nitrogen and oxygen atoms in total. The number of hydrogen-bond acceptors (Lipinski definition) is 5. The van der Waals surface area contributed by atoms with Crippen molar-refractivity contribution in [3.8, 4) is 11.5 Å². The predicted molar refractivity (Wildman–Crippen MR) is 118 cm³/mol. The van der Waals surface area contributed by atoms with Crippen molar-refractivity contribution in [2.24, 2.45) is 5.92 Å². The number of nitrogens with zero attached hydrogens (tertiary/aromatic N) is 3. The summed E-state index contributed by atoms with van der Waals surface area (Å²) in [6, 6.07) is 5.60. The summed E-state index contributed by atoms with van der Waals surface area (Å²) in [5.41, 5.74) is 1.92. The number of carbonyl (C=O) groups excluding carboxylic acids is 1. The van der Waals surface area contributed by atoms with E-state index in [-0.39, 0.29) is 36.8 Å². The van der Waals surface area contributed by atoms with Gasteiger partial charge in [-0.05, 0) is 63.9 Å². The summed E-state index contributed by atoms with van der Waals surface area (Å²) in [7, 11) is 0. The molecule has 3 aromatic rings. The smallest absolute Gasteiger partial charge is 0.252 e. The highest BCUT2D eigenvalue weighted by Crippen LogP contribution is 2.26.